The summed E-state index contributed by atoms with van der Waals surface area (Å²) in [5, 5.41) is 8.71. The minimum absolute atomic E-state index is 0.0691. The van der Waals surface area contributed by atoms with Crippen LogP contribution in [0.4, 0.5) is 18.0 Å². The number of carbonyl (C=O) groups is 1. The number of halogens is 3. The van der Waals surface area contributed by atoms with Crippen LogP contribution in [0.3, 0.4) is 0 Å². The Kier molecular flexibility index (Phi) is 8.19. The van der Waals surface area contributed by atoms with Crippen LogP contribution in [0.15, 0.2) is 18.2 Å². The molecular formula is C26H32F3N3O6. The topological polar surface area (TPSA) is 92.2 Å². The van der Waals surface area contributed by atoms with Crippen molar-refractivity contribution in [2.75, 3.05) is 40.2 Å². The predicted octanol–water partition coefficient (Wildman–Crippen LogP) is 5.11. The van der Waals surface area contributed by atoms with Crippen LogP contribution in [-0.4, -0.2) is 67.0 Å². The van der Waals surface area contributed by atoms with E-state index in [0.717, 1.165) is 25.0 Å². The summed E-state index contributed by atoms with van der Waals surface area (Å²) in [6.07, 6.45) is -2.72. The highest BCUT2D eigenvalue weighted by molar-refractivity contribution is 5.75. The fourth-order valence-corrected chi connectivity index (χ4v) is 4.45. The maximum atomic E-state index is 13.3. The second-order valence-corrected chi connectivity index (χ2v) is 10.2. The zero-order chi connectivity index (χ0) is 27.5. The Hall–Kier alpha value is -3.28. The molecule has 4 rings (SSSR count). The summed E-state index contributed by atoms with van der Waals surface area (Å²) in [4.78, 5) is 14.3. The van der Waals surface area contributed by atoms with E-state index in [4.69, 9.17) is 23.7 Å². The molecule has 1 fully saturated rings. The van der Waals surface area contributed by atoms with Crippen LogP contribution in [0.5, 0.6) is 17.2 Å². The van der Waals surface area contributed by atoms with Gasteiger partial charge in [-0.25, -0.2) is 4.79 Å². The summed E-state index contributed by atoms with van der Waals surface area (Å²) in [6.45, 7) is 6.89. The Bertz CT molecular complexity index is 1150. The van der Waals surface area contributed by atoms with Crippen LogP contribution < -0.4 is 14.2 Å². The molecule has 0 radical (unpaired) electrons. The van der Waals surface area contributed by atoms with Crippen molar-refractivity contribution in [3.05, 3.63) is 29.5 Å². The van der Waals surface area contributed by atoms with Crippen molar-refractivity contribution in [3.63, 3.8) is 0 Å². The molecule has 1 aromatic heterocycles. The smallest absolute Gasteiger partial charge is 0.416 e. The first-order valence-corrected chi connectivity index (χ1v) is 12.4. The van der Waals surface area contributed by atoms with Gasteiger partial charge in [-0.2, -0.15) is 18.3 Å². The van der Waals surface area contributed by atoms with E-state index in [1.165, 1.54) is 13.2 Å². The molecule has 0 saturated carbocycles. The number of aromatic nitrogens is 2. The number of carbonyl (C=O) groups excluding carboxylic acids is 1. The van der Waals surface area contributed by atoms with Crippen LogP contribution in [0, 0.1) is 5.92 Å². The van der Waals surface area contributed by atoms with E-state index >= 15 is 0 Å². The van der Waals surface area contributed by atoms with E-state index in [1.54, 1.807) is 4.90 Å². The number of rotatable bonds is 6. The average Bonchev–Trinajstić information content (AvgIpc) is 2.86. The highest BCUT2D eigenvalue weighted by Gasteiger charge is 2.34. The largest absolute Gasteiger partial charge is 0.484 e. The number of amides is 1. The van der Waals surface area contributed by atoms with E-state index < -0.39 is 17.3 Å². The molecule has 0 aliphatic carbocycles. The first-order chi connectivity index (χ1) is 18.0. The molecule has 0 bridgehead atoms. The fraction of sp³-hybridized carbons (Fsp3) is 0.577. The summed E-state index contributed by atoms with van der Waals surface area (Å²) in [5.41, 5.74) is -0.410. The lowest BCUT2D eigenvalue weighted by atomic mass is 9.93. The molecule has 1 saturated heterocycles. The van der Waals surface area contributed by atoms with Gasteiger partial charge < -0.3 is 28.6 Å². The molecule has 1 unspecified atom stereocenters. The quantitative estimate of drug-likeness (QED) is 0.468. The maximum absolute atomic E-state index is 13.3. The summed E-state index contributed by atoms with van der Waals surface area (Å²) >= 11 is 0. The molecule has 2 aromatic rings. The Morgan fingerprint density at radius 1 is 1.13 bits per heavy atom. The van der Waals surface area contributed by atoms with Gasteiger partial charge in [0.1, 0.15) is 36.0 Å². The van der Waals surface area contributed by atoms with Crippen molar-refractivity contribution in [1.82, 2.24) is 15.1 Å². The predicted molar refractivity (Wildman–Crippen MR) is 130 cm³/mol. The molecule has 1 amide bonds. The van der Waals surface area contributed by atoms with E-state index in [9.17, 15) is 18.0 Å². The lowest BCUT2D eigenvalue weighted by Gasteiger charge is -2.34. The number of nitrogens with zero attached hydrogens (tertiary/aromatic N) is 3. The number of ether oxygens (including phenoxy) is 5. The van der Waals surface area contributed by atoms with Crippen molar-refractivity contribution >= 4 is 6.09 Å². The molecule has 2 aliphatic rings. The van der Waals surface area contributed by atoms with Crippen LogP contribution in [0.25, 0.3) is 11.3 Å². The maximum Gasteiger partial charge on any atom is 0.416 e. The van der Waals surface area contributed by atoms with Crippen LogP contribution in [-0.2, 0) is 22.1 Å². The van der Waals surface area contributed by atoms with Gasteiger partial charge in [0.2, 0.25) is 0 Å². The molecule has 208 valence electrons. The zero-order valence-electron chi connectivity index (χ0n) is 21.9. The van der Waals surface area contributed by atoms with Crippen molar-refractivity contribution in [1.29, 1.82) is 0 Å². The lowest BCUT2D eigenvalue weighted by molar-refractivity contribution is -0.137. The number of hydrogen-bond donors (Lipinski definition) is 0. The number of piperidine rings is 1. The third kappa shape index (κ3) is 6.58. The van der Waals surface area contributed by atoms with Gasteiger partial charge >= 0.3 is 12.3 Å². The highest BCUT2D eigenvalue weighted by Crippen LogP contribution is 2.45. The fourth-order valence-electron chi connectivity index (χ4n) is 4.45. The number of methoxy groups -OCH3 is 1. The molecule has 3 heterocycles. The number of likely N-dealkylation sites (tertiary alicyclic amines) is 1. The SMILES string of the molecule is COCOc1cc(C(F)(F)F)ccc1-c1nnc(CC2CCCN(C(=O)OC(C)(C)C)C2)c2c1OCCO2. The Morgan fingerprint density at radius 3 is 2.55 bits per heavy atom. The number of fused-ring (bicyclic) bond motifs is 1. The second-order valence-electron chi connectivity index (χ2n) is 10.2. The minimum atomic E-state index is -4.55. The first-order valence-electron chi connectivity index (χ1n) is 12.4. The Labute approximate surface area is 219 Å². The molecule has 0 spiro atoms. The standard InChI is InChI=1S/C26H32F3N3O6/c1-25(2,3)38-24(33)32-9-5-6-16(14-32)12-19-22-23(36-11-10-35-22)21(31-30-19)18-8-7-17(26(27,28)29)13-20(18)37-15-34-4/h7-8,13,16H,5-6,9-12,14-15H2,1-4H3. The summed E-state index contributed by atoms with van der Waals surface area (Å²) < 4.78 is 67.7. The minimum Gasteiger partial charge on any atom is -0.484 e. The van der Waals surface area contributed by atoms with Gasteiger partial charge in [0.15, 0.2) is 18.3 Å². The van der Waals surface area contributed by atoms with Crippen molar-refractivity contribution in [3.8, 4) is 28.5 Å². The molecular weight excluding hydrogens is 507 g/mol. The van der Waals surface area contributed by atoms with Crippen molar-refractivity contribution < 1.29 is 41.7 Å². The van der Waals surface area contributed by atoms with Crippen molar-refractivity contribution in [2.24, 2.45) is 5.92 Å². The van der Waals surface area contributed by atoms with E-state index in [-0.39, 0.29) is 42.4 Å². The Balaban J connectivity index is 1.62. The van der Waals surface area contributed by atoms with Crippen LogP contribution in [0.1, 0.15) is 44.9 Å². The number of alkyl halides is 3. The molecule has 1 atom stereocenters. The summed E-state index contributed by atoms with van der Waals surface area (Å²) in [5.74, 6) is 0.717. The highest BCUT2D eigenvalue weighted by atomic mass is 19.4. The third-order valence-electron chi connectivity index (χ3n) is 6.08. The zero-order valence-corrected chi connectivity index (χ0v) is 21.9. The van der Waals surface area contributed by atoms with Gasteiger partial charge in [-0.15, -0.1) is 5.10 Å². The van der Waals surface area contributed by atoms with E-state index in [2.05, 4.69) is 10.2 Å². The van der Waals surface area contributed by atoms with Gasteiger partial charge in [-0.05, 0) is 64.2 Å². The lowest BCUT2D eigenvalue weighted by Crippen LogP contribution is -2.43. The molecule has 1 aromatic carbocycles. The van der Waals surface area contributed by atoms with Gasteiger partial charge in [0.05, 0.1) is 5.56 Å². The average molecular weight is 540 g/mol. The van der Waals surface area contributed by atoms with Gasteiger partial charge in [0.25, 0.3) is 0 Å². The van der Waals surface area contributed by atoms with E-state index in [0.29, 0.717) is 43.3 Å². The van der Waals surface area contributed by atoms with E-state index in [1.807, 2.05) is 20.8 Å². The number of benzene rings is 1. The molecule has 0 N–H and O–H groups in total. The molecule has 2 aliphatic heterocycles. The van der Waals surface area contributed by atoms with Gasteiger partial charge in [-0.1, -0.05) is 0 Å². The Morgan fingerprint density at radius 2 is 1.87 bits per heavy atom. The third-order valence-corrected chi connectivity index (χ3v) is 6.08. The molecule has 12 heteroatoms. The summed E-state index contributed by atoms with van der Waals surface area (Å²) in [6, 6.07) is 3.12. The first kappa shape index (κ1) is 27.7. The second kappa shape index (κ2) is 11.2. The van der Waals surface area contributed by atoms with Gasteiger partial charge in [-0.3, -0.25) is 0 Å². The normalized spacial score (nSPS) is 17.8. The monoisotopic (exact) mass is 539 g/mol. The number of hydrogen-bond acceptors (Lipinski definition) is 8. The van der Waals surface area contributed by atoms with Gasteiger partial charge in [0, 0.05) is 25.8 Å². The molecule has 38 heavy (non-hydrogen) atoms. The van der Waals surface area contributed by atoms with Crippen LogP contribution in [0.2, 0.25) is 0 Å². The van der Waals surface area contributed by atoms with Crippen LogP contribution >= 0.6 is 0 Å². The molecule has 9 nitrogen and oxygen atoms in total. The summed E-state index contributed by atoms with van der Waals surface area (Å²) in [7, 11) is 1.37. The van der Waals surface area contributed by atoms with Crippen molar-refractivity contribution in [2.45, 2.75) is 51.8 Å².